The number of anilines is 2. The minimum absolute atomic E-state index is 0.148. The number of nitrogens with zero attached hydrogens (tertiary/aromatic N) is 2. The molecule has 0 radical (unpaired) electrons. The Morgan fingerprint density at radius 2 is 1.91 bits per heavy atom. The average Bonchev–Trinajstić information content (AvgIpc) is 3.28. The van der Waals surface area contributed by atoms with Gasteiger partial charge in [-0.3, -0.25) is 14.9 Å². The molecule has 0 bridgehead atoms. The Bertz CT molecular complexity index is 1220. The van der Waals surface area contributed by atoms with Gasteiger partial charge in [-0.05, 0) is 42.0 Å². The standard InChI is InChI=1S/C22H16Cl2N4O4S/c1-31-19-7-13(2-3-18(19)32-12-20(29)28-22-26-4-5-33-22)6-14(11-25)21(30)27-17-9-15(23)8-16(24)10-17/h2-10H,12H2,1H3,(H,27,30)(H,26,28,29)/b14-6+. The molecule has 2 amide bonds. The topological polar surface area (TPSA) is 113 Å². The summed E-state index contributed by atoms with van der Waals surface area (Å²) in [5, 5.41) is 17.5. The highest BCUT2D eigenvalue weighted by Crippen LogP contribution is 2.29. The minimum Gasteiger partial charge on any atom is -0.493 e. The van der Waals surface area contributed by atoms with E-state index >= 15 is 0 Å². The fourth-order valence-corrected chi connectivity index (χ4v) is 3.69. The van der Waals surface area contributed by atoms with Crippen LogP contribution in [0.1, 0.15) is 5.56 Å². The zero-order valence-corrected chi connectivity index (χ0v) is 19.4. The van der Waals surface area contributed by atoms with Crippen molar-refractivity contribution in [3.63, 3.8) is 0 Å². The largest absolute Gasteiger partial charge is 0.493 e. The highest BCUT2D eigenvalue weighted by molar-refractivity contribution is 7.13. The number of nitriles is 1. The van der Waals surface area contributed by atoms with Crippen LogP contribution in [0, 0.1) is 11.3 Å². The van der Waals surface area contributed by atoms with Crippen molar-refractivity contribution in [2.24, 2.45) is 0 Å². The first-order valence-electron chi connectivity index (χ1n) is 9.27. The normalized spacial score (nSPS) is 10.8. The summed E-state index contributed by atoms with van der Waals surface area (Å²) in [6, 6.07) is 11.2. The lowest BCUT2D eigenvalue weighted by Gasteiger charge is -2.11. The number of carbonyl (C=O) groups is 2. The lowest BCUT2D eigenvalue weighted by Crippen LogP contribution is -2.20. The molecule has 0 fully saturated rings. The number of nitrogens with one attached hydrogen (secondary N) is 2. The summed E-state index contributed by atoms with van der Waals surface area (Å²) in [4.78, 5) is 28.5. The van der Waals surface area contributed by atoms with Gasteiger partial charge in [-0.25, -0.2) is 4.98 Å². The zero-order chi connectivity index (χ0) is 23.8. The highest BCUT2D eigenvalue weighted by atomic mass is 35.5. The van der Waals surface area contributed by atoms with Crippen molar-refractivity contribution in [2.45, 2.75) is 0 Å². The molecule has 2 N–H and O–H groups in total. The van der Waals surface area contributed by atoms with Crippen molar-refractivity contribution in [2.75, 3.05) is 24.4 Å². The van der Waals surface area contributed by atoms with E-state index in [2.05, 4.69) is 15.6 Å². The van der Waals surface area contributed by atoms with Gasteiger partial charge in [-0.2, -0.15) is 5.26 Å². The van der Waals surface area contributed by atoms with Crippen molar-refractivity contribution >= 4 is 63.2 Å². The van der Waals surface area contributed by atoms with Crippen LogP contribution in [0.5, 0.6) is 11.5 Å². The highest BCUT2D eigenvalue weighted by Gasteiger charge is 2.13. The van der Waals surface area contributed by atoms with Gasteiger partial charge in [0.15, 0.2) is 23.2 Å². The lowest BCUT2D eigenvalue weighted by atomic mass is 10.1. The summed E-state index contributed by atoms with van der Waals surface area (Å²) in [5.74, 6) is -0.361. The number of amides is 2. The first-order chi connectivity index (χ1) is 15.9. The Morgan fingerprint density at radius 1 is 1.15 bits per heavy atom. The Kier molecular flexibility index (Phi) is 8.27. The number of ether oxygens (including phenoxy) is 2. The second-order valence-electron chi connectivity index (χ2n) is 6.37. The van der Waals surface area contributed by atoms with Crippen molar-refractivity contribution in [1.29, 1.82) is 5.26 Å². The molecule has 1 heterocycles. The van der Waals surface area contributed by atoms with E-state index in [1.807, 2.05) is 6.07 Å². The van der Waals surface area contributed by atoms with Gasteiger partial charge >= 0.3 is 0 Å². The molecular weight excluding hydrogens is 487 g/mol. The van der Waals surface area contributed by atoms with Gasteiger partial charge in [0.25, 0.3) is 11.8 Å². The van der Waals surface area contributed by atoms with E-state index < -0.39 is 5.91 Å². The van der Waals surface area contributed by atoms with Crippen LogP contribution < -0.4 is 20.1 Å². The van der Waals surface area contributed by atoms with E-state index in [1.54, 1.807) is 29.8 Å². The fraction of sp³-hybridized carbons (Fsp3) is 0.0909. The Balaban J connectivity index is 1.70. The average molecular weight is 503 g/mol. The molecule has 0 unspecified atom stereocenters. The summed E-state index contributed by atoms with van der Waals surface area (Å²) >= 11 is 13.2. The Labute approximate surface area is 203 Å². The number of hydrogen-bond acceptors (Lipinski definition) is 7. The lowest BCUT2D eigenvalue weighted by molar-refractivity contribution is -0.118. The molecule has 0 saturated heterocycles. The van der Waals surface area contributed by atoms with Crippen molar-refractivity contribution in [3.8, 4) is 17.6 Å². The number of aromatic nitrogens is 1. The smallest absolute Gasteiger partial charge is 0.266 e. The van der Waals surface area contributed by atoms with Crippen LogP contribution >= 0.6 is 34.5 Å². The molecule has 3 aromatic rings. The molecule has 0 saturated carbocycles. The molecule has 8 nitrogen and oxygen atoms in total. The number of rotatable bonds is 8. The maximum atomic E-state index is 12.5. The molecule has 0 aliphatic rings. The first kappa shape index (κ1) is 24.1. The van der Waals surface area contributed by atoms with Gasteiger partial charge in [0.05, 0.1) is 7.11 Å². The first-order valence-corrected chi connectivity index (χ1v) is 10.9. The van der Waals surface area contributed by atoms with Crippen LogP contribution in [-0.2, 0) is 9.59 Å². The third-order valence-electron chi connectivity index (χ3n) is 4.02. The van der Waals surface area contributed by atoms with Crippen LogP contribution in [0.3, 0.4) is 0 Å². The summed E-state index contributed by atoms with van der Waals surface area (Å²) < 4.78 is 10.8. The third kappa shape index (κ3) is 6.95. The van der Waals surface area contributed by atoms with E-state index in [1.165, 1.54) is 42.7 Å². The van der Waals surface area contributed by atoms with Gasteiger partial charge in [0, 0.05) is 27.3 Å². The number of thiazole rings is 1. The molecular formula is C22H16Cl2N4O4S. The predicted octanol–water partition coefficient (Wildman–Crippen LogP) is 5.02. The van der Waals surface area contributed by atoms with Crippen molar-refractivity contribution < 1.29 is 19.1 Å². The quantitative estimate of drug-likeness (QED) is 0.330. The summed E-state index contributed by atoms with van der Waals surface area (Å²) in [6.07, 6.45) is 2.97. The van der Waals surface area contributed by atoms with Gasteiger partial charge in [0.2, 0.25) is 0 Å². The van der Waals surface area contributed by atoms with E-state index in [-0.39, 0.29) is 18.1 Å². The zero-order valence-electron chi connectivity index (χ0n) is 17.1. The molecule has 0 spiro atoms. The van der Waals surface area contributed by atoms with Gasteiger partial charge in [0.1, 0.15) is 11.6 Å². The molecule has 2 aromatic carbocycles. The summed E-state index contributed by atoms with van der Waals surface area (Å²) in [6.45, 7) is -0.251. The maximum Gasteiger partial charge on any atom is 0.266 e. The third-order valence-corrected chi connectivity index (χ3v) is 5.15. The monoisotopic (exact) mass is 502 g/mol. The molecule has 11 heteroatoms. The molecule has 1 aromatic heterocycles. The van der Waals surface area contributed by atoms with Gasteiger partial charge in [-0.15, -0.1) is 11.3 Å². The molecule has 0 atom stereocenters. The van der Waals surface area contributed by atoms with Crippen molar-refractivity contribution in [3.05, 3.63) is 69.2 Å². The predicted molar refractivity (Wildman–Crippen MR) is 128 cm³/mol. The van der Waals surface area contributed by atoms with E-state index in [9.17, 15) is 14.9 Å². The van der Waals surface area contributed by atoms with Gasteiger partial charge < -0.3 is 14.8 Å². The van der Waals surface area contributed by atoms with E-state index in [0.29, 0.717) is 37.9 Å². The fourth-order valence-electron chi connectivity index (χ4n) is 2.62. The molecule has 168 valence electrons. The number of hydrogen-bond donors (Lipinski definition) is 2. The SMILES string of the molecule is COc1cc(/C=C(\C#N)C(=O)Nc2cc(Cl)cc(Cl)c2)ccc1OCC(=O)Nc1nccs1. The van der Waals surface area contributed by atoms with Crippen LogP contribution in [0.4, 0.5) is 10.8 Å². The number of halogens is 2. The number of methoxy groups -OCH3 is 1. The Morgan fingerprint density at radius 3 is 2.55 bits per heavy atom. The molecule has 0 aliphatic carbocycles. The molecule has 33 heavy (non-hydrogen) atoms. The van der Waals surface area contributed by atoms with E-state index in [0.717, 1.165) is 0 Å². The summed E-state index contributed by atoms with van der Waals surface area (Å²) in [5.41, 5.74) is 0.725. The molecule has 3 rings (SSSR count). The van der Waals surface area contributed by atoms with Crippen LogP contribution in [0.15, 0.2) is 53.5 Å². The number of benzene rings is 2. The summed E-state index contributed by atoms with van der Waals surface area (Å²) in [7, 11) is 1.44. The van der Waals surface area contributed by atoms with Gasteiger partial charge in [-0.1, -0.05) is 29.3 Å². The second kappa shape index (κ2) is 11.3. The number of carbonyl (C=O) groups excluding carboxylic acids is 2. The molecule has 0 aliphatic heterocycles. The second-order valence-corrected chi connectivity index (χ2v) is 8.13. The van der Waals surface area contributed by atoms with Crippen LogP contribution in [0.2, 0.25) is 10.0 Å². The van der Waals surface area contributed by atoms with E-state index in [4.69, 9.17) is 32.7 Å². The Hall–Kier alpha value is -3.58. The van der Waals surface area contributed by atoms with Crippen LogP contribution in [-0.4, -0.2) is 30.5 Å². The van der Waals surface area contributed by atoms with Crippen LogP contribution in [0.25, 0.3) is 6.08 Å². The minimum atomic E-state index is -0.631. The van der Waals surface area contributed by atoms with Crippen molar-refractivity contribution in [1.82, 2.24) is 4.98 Å². The maximum absolute atomic E-state index is 12.5.